The van der Waals surface area contributed by atoms with Gasteiger partial charge in [0, 0.05) is 12.1 Å². The van der Waals surface area contributed by atoms with Crippen LogP contribution in [-0.4, -0.2) is 48.4 Å². The van der Waals surface area contributed by atoms with Gasteiger partial charge < -0.3 is 15.0 Å². The Hall–Kier alpha value is -1.88. The van der Waals surface area contributed by atoms with Crippen LogP contribution in [0.1, 0.15) is 67.7 Å². The maximum atomic E-state index is 12.3. The molecule has 0 saturated heterocycles. The summed E-state index contributed by atoms with van der Waals surface area (Å²) in [4.78, 5) is 27.0. The number of nitrogens with zero attached hydrogens (tertiary/aromatic N) is 1. The highest BCUT2D eigenvalue weighted by Crippen LogP contribution is 2.33. The van der Waals surface area contributed by atoms with E-state index in [0.29, 0.717) is 29.8 Å². The van der Waals surface area contributed by atoms with Gasteiger partial charge >= 0.3 is 0 Å². The molecule has 1 heterocycles. The van der Waals surface area contributed by atoms with E-state index in [4.69, 9.17) is 4.74 Å². The molecule has 138 valence electrons. The van der Waals surface area contributed by atoms with E-state index in [9.17, 15) is 9.59 Å². The fourth-order valence-electron chi connectivity index (χ4n) is 3.10. The Morgan fingerprint density at radius 1 is 1.24 bits per heavy atom. The predicted molar refractivity (Wildman–Crippen MR) is 99.5 cm³/mol. The average molecular weight is 346 g/mol. The molecule has 2 rings (SSSR count). The van der Waals surface area contributed by atoms with Gasteiger partial charge in [-0.2, -0.15) is 0 Å². The minimum Gasteiger partial charge on any atom is -0.487 e. The van der Waals surface area contributed by atoms with E-state index in [1.165, 1.54) is 0 Å². The number of fused-ring (bicyclic) bond motifs is 1. The van der Waals surface area contributed by atoms with Gasteiger partial charge in [-0.25, -0.2) is 0 Å². The summed E-state index contributed by atoms with van der Waals surface area (Å²) in [5.74, 6) is 0.459. The van der Waals surface area contributed by atoms with Crippen molar-refractivity contribution in [1.29, 1.82) is 0 Å². The lowest BCUT2D eigenvalue weighted by molar-refractivity contribution is 0.0620. The van der Waals surface area contributed by atoms with E-state index < -0.39 is 5.60 Å². The smallest absolute Gasteiger partial charge is 0.251 e. The highest BCUT2D eigenvalue weighted by molar-refractivity contribution is 6.03. The summed E-state index contributed by atoms with van der Waals surface area (Å²) in [6.45, 7) is 11.9. The number of unbranched alkanes of at least 4 members (excludes halogenated alkanes) is 1. The quantitative estimate of drug-likeness (QED) is 0.734. The highest BCUT2D eigenvalue weighted by Gasteiger charge is 2.32. The molecule has 0 unspecified atom stereocenters. The molecular weight excluding hydrogens is 316 g/mol. The van der Waals surface area contributed by atoms with Crippen LogP contribution in [-0.2, 0) is 0 Å². The lowest BCUT2D eigenvalue weighted by Gasteiger charge is -2.31. The fraction of sp³-hybridized carbons (Fsp3) is 0.600. The van der Waals surface area contributed by atoms with E-state index in [0.717, 1.165) is 32.5 Å². The largest absolute Gasteiger partial charge is 0.487 e. The number of nitrogens with one attached hydrogen (secondary N) is 1. The van der Waals surface area contributed by atoms with E-state index in [1.54, 1.807) is 18.2 Å². The first-order chi connectivity index (χ1) is 11.9. The Morgan fingerprint density at radius 2 is 1.96 bits per heavy atom. The zero-order valence-corrected chi connectivity index (χ0v) is 15.9. The second-order valence-electron chi connectivity index (χ2n) is 7.16. The van der Waals surface area contributed by atoms with Crippen LogP contribution in [0.5, 0.6) is 5.75 Å². The molecule has 5 nitrogen and oxygen atoms in total. The van der Waals surface area contributed by atoms with E-state index in [2.05, 4.69) is 24.1 Å². The number of carbonyl (C=O) groups is 2. The van der Waals surface area contributed by atoms with Crippen LogP contribution in [0.25, 0.3) is 0 Å². The summed E-state index contributed by atoms with van der Waals surface area (Å²) in [5, 5.41) is 2.94. The van der Waals surface area contributed by atoms with Crippen LogP contribution in [0.15, 0.2) is 18.2 Å². The number of ketones is 1. The van der Waals surface area contributed by atoms with E-state index >= 15 is 0 Å². The third kappa shape index (κ3) is 5.30. The van der Waals surface area contributed by atoms with Crippen molar-refractivity contribution in [2.75, 3.05) is 26.2 Å². The molecule has 0 bridgehead atoms. The summed E-state index contributed by atoms with van der Waals surface area (Å²) >= 11 is 0. The van der Waals surface area contributed by atoms with Gasteiger partial charge in [0.1, 0.15) is 11.4 Å². The molecule has 0 aromatic heterocycles. The molecule has 1 aliphatic rings. The number of ether oxygens (including phenoxy) is 1. The maximum absolute atomic E-state index is 12.3. The minimum atomic E-state index is -0.487. The van der Waals surface area contributed by atoms with Crippen molar-refractivity contribution in [3.63, 3.8) is 0 Å². The molecule has 1 aliphatic heterocycles. The second kappa shape index (κ2) is 8.48. The van der Waals surface area contributed by atoms with Gasteiger partial charge in [0.05, 0.1) is 12.0 Å². The van der Waals surface area contributed by atoms with Gasteiger partial charge in [-0.1, -0.05) is 13.8 Å². The number of carbonyl (C=O) groups excluding carboxylic acids is 2. The topological polar surface area (TPSA) is 58.6 Å². The molecule has 1 aromatic carbocycles. The predicted octanol–water partition coefficient (Wildman–Crippen LogP) is 3.28. The molecule has 0 radical (unpaired) electrons. The Balaban J connectivity index is 1.87. The number of amides is 1. The molecule has 0 saturated carbocycles. The zero-order chi connectivity index (χ0) is 18.4. The fourth-order valence-corrected chi connectivity index (χ4v) is 3.10. The standard InChI is InChI=1S/C20H30N2O3/c1-5-22(6-2)12-8-7-11-21-19(24)15-9-10-18-16(13-15)17(23)14-20(3,4)25-18/h9-10,13H,5-8,11-12,14H2,1-4H3,(H,21,24). The maximum Gasteiger partial charge on any atom is 0.251 e. The normalized spacial score (nSPS) is 15.6. The lowest BCUT2D eigenvalue weighted by Crippen LogP contribution is -2.36. The number of Topliss-reactive ketones (excluding diaryl/α,β-unsaturated/α-hetero) is 1. The third-order valence-electron chi connectivity index (χ3n) is 4.60. The van der Waals surface area contributed by atoms with Gasteiger partial charge in [-0.15, -0.1) is 0 Å². The van der Waals surface area contributed by atoms with Crippen LogP contribution in [0.3, 0.4) is 0 Å². The molecule has 1 N–H and O–H groups in total. The summed E-state index contributed by atoms with van der Waals surface area (Å²) in [7, 11) is 0. The number of rotatable bonds is 8. The lowest BCUT2D eigenvalue weighted by atomic mass is 9.92. The molecule has 1 amide bonds. The summed E-state index contributed by atoms with van der Waals surface area (Å²) in [5.41, 5.74) is 0.534. The van der Waals surface area contributed by atoms with Crippen molar-refractivity contribution >= 4 is 11.7 Å². The minimum absolute atomic E-state index is 0.0279. The monoisotopic (exact) mass is 346 g/mol. The van der Waals surface area contributed by atoms with Gasteiger partial charge in [-0.05, 0) is 64.5 Å². The van der Waals surface area contributed by atoms with E-state index in [1.807, 2.05) is 13.8 Å². The summed E-state index contributed by atoms with van der Waals surface area (Å²) < 4.78 is 5.82. The Morgan fingerprint density at radius 3 is 2.64 bits per heavy atom. The van der Waals surface area contributed by atoms with Crippen LogP contribution in [0, 0.1) is 0 Å². The molecule has 0 aliphatic carbocycles. The molecule has 0 fully saturated rings. The highest BCUT2D eigenvalue weighted by atomic mass is 16.5. The van der Waals surface area contributed by atoms with Crippen molar-refractivity contribution in [2.45, 2.75) is 52.6 Å². The number of hydrogen-bond acceptors (Lipinski definition) is 4. The second-order valence-corrected chi connectivity index (χ2v) is 7.16. The third-order valence-corrected chi connectivity index (χ3v) is 4.60. The average Bonchev–Trinajstić information content (AvgIpc) is 2.56. The van der Waals surface area contributed by atoms with Crippen molar-refractivity contribution in [3.05, 3.63) is 29.3 Å². The van der Waals surface area contributed by atoms with Crippen LogP contribution in [0.4, 0.5) is 0 Å². The van der Waals surface area contributed by atoms with Crippen molar-refractivity contribution < 1.29 is 14.3 Å². The summed E-state index contributed by atoms with van der Waals surface area (Å²) in [6.07, 6.45) is 2.34. The van der Waals surface area contributed by atoms with Crippen LogP contribution < -0.4 is 10.1 Å². The van der Waals surface area contributed by atoms with Gasteiger partial charge in [0.15, 0.2) is 5.78 Å². The SMILES string of the molecule is CCN(CC)CCCCNC(=O)c1ccc2c(c1)C(=O)CC(C)(C)O2. The Bertz CT molecular complexity index is 621. The summed E-state index contributed by atoms with van der Waals surface area (Å²) in [6, 6.07) is 5.10. The van der Waals surface area contributed by atoms with Crippen molar-refractivity contribution in [3.8, 4) is 5.75 Å². The number of benzene rings is 1. The molecule has 0 atom stereocenters. The molecule has 25 heavy (non-hydrogen) atoms. The molecular formula is C20H30N2O3. The van der Waals surface area contributed by atoms with Gasteiger partial charge in [-0.3, -0.25) is 9.59 Å². The first-order valence-electron chi connectivity index (χ1n) is 9.23. The molecule has 5 heteroatoms. The van der Waals surface area contributed by atoms with Crippen LogP contribution in [0.2, 0.25) is 0 Å². The van der Waals surface area contributed by atoms with Crippen LogP contribution >= 0.6 is 0 Å². The van der Waals surface area contributed by atoms with Crippen molar-refractivity contribution in [2.24, 2.45) is 0 Å². The van der Waals surface area contributed by atoms with Gasteiger partial charge in [0.25, 0.3) is 5.91 Å². The first-order valence-corrected chi connectivity index (χ1v) is 9.23. The Kier molecular flexibility index (Phi) is 6.59. The van der Waals surface area contributed by atoms with Crippen molar-refractivity contribution in [1.82, 2.24) is 10.2 Å². The number of hydrogen-bond donors (Lipinski definition) is 1. The first kappa shape index (κ1) is 19.4. The van der Waals surface area contributed by atoms with Gasteiger partial charge in [0.2, 0.25) is 0 Å². The Labute approximate surface area is 150 Å². The molecule has 1 aromatic rings. The zero-order valence-electron chi connectivity index (χ0n) is 15.9. The van der Waals surface area contributed by atoms with E-state index in [-0.39, 0.29) is 11.7 Å². The molecule has 0 spiro atoms.